The minimum absolute atomic E-state index is 0.0127. The van der Waals surface area contributed by atoms with Crippen LogP contribution in [0.15, 0.2) is 59.6 Å². The molecular weight excluding hydrogens is 542 g/mol. The van der Waals surface area contributed by atoms with E-state index in [1.165, 1.54) is 11.9 Å². The van der Waals surface area contributed by atoms with Crippen molar-refractivity contribution in [2.45, 2.75) is 58.1 Å². The van der Waals surface area contributed by atoms with Gasteiger partial charge in [0, 0.05) is 35.2 Å². The second-order valence-corrected chi connectivity index (χ2v) is 11.7. The van der Waals surface area contributed by atoms with Crippen molar-refractivity contribution < 1.29 is 9.53 Å². The quantitative estimate of drug-likeness (QED) is 0.370. The summed E-state index contributed by atoms with van der Waals surface area (Å²) >= 11 is 3.56. The highest BCUT2D eigenvalue weighted by atomic mass is 79.9. The number of carbonyl (C=O) groups is 1. The van der Waals surface area contributed by atoms with Gasteiger partial charge in [0.2, 0.25) is 0 Å². The maximum absolute atomic E-state index is 13.3. The summed E-state index contributed by atoms with van der Waals surface area (Å²) in [6.45, 7) is 9.73. The number of halogens is 1. The zero-order chi connectivity index (χ0) is 26.7. The normalized spacial score (nSPS) is 19.2. The molecular formula is C30H36BrN5O2. The van der Waals surface area contributed by atoms with Crippen molar-refractivity contribution in [3.63, 3.8) is 0 Å². The highest BCUT2D eigenvalue weighted by Gasteiger charge is 2.40. The second kappa shape index (κ2) is 11.5. The molecule has 0 aliphatic carbocycles. The molecule has 200 valence electrons. The third-order valence-electron chi connectivity index (χ3n) is 8.40. The first-order valence-corrected chi connectivity index (χ1v) is 14.3. The molecule has 0 bridgehead atoms. The molecule has 7 nitrogen and oxygen atoms in total. The zero-order valence-electron chi connectivity index (χ0n) is 22.4. The van der Waals surface area contributed by atoms with Crippen LogP contribution in [0.3, 0.4) is 0 Å². The summed E-state index contributed by atoms with van der Waals surface area (Å²) in [5, 5.41) is 0. The maximum Gasteiger partial charge on any atom is 0.257 e. The summed E-state index contributed by atoms with van der Waals surface area (Å²) < 4.78 is 7.61. The monoisotopic (exact) mass is 577 g/mol. The predicted molar refractivity (Wildman–Crippen MR) is 151 cm³/mol. The van der Waals surface area contributed by atoms with Crippen molar-refractivity contribution in [2.75, 3.05) is 26.2 Å². The third-order valence-corrected chi connectivity index (χ3v) is 8.92. The van der Waals surface area contributed by atoms with Crippen LogP contribution in [0.5, 0.6) is 5.75 Å². The Labute approximate surface area is 233 Å². The highest BCUT2D eigenvalue weighted by molar-refractivity contribution is 9.10. The van der Waals surface area contributed by atoms with Crippen LogP contribution in [-0.4, -0.2) is 62.4 Å². The van der Waals surface area contributed by atoms with E-state index in [4.69, 9.17) is 4.74 Å². The number of aryl methyl sites for hydroxylation is 2. The Morgan fingerprint density at radius 3 is 2.29 bits per heavy atom. The lowest BCUT2D eigenvalue weighted by Crippen LogP contribution is -2.56. The molecule has 1 unspecified atom stereocenters. The predicted octanol–water partition coefficient (Wildman–Crippen LogP) is 5.78. The summed E-state index contributed by atoms with van der Waals surface area (Å²) in [6.07, 6.45) is 9.16. The largest absolute Gasteiger partial charge is 0.484 e. The number of benzene rings is 1. The lowest BCUT2D eigenvalue weighted by molar-refractivity contribution is -0.00557. The highest BCUT2D eigenvalue weighted by Crippen LogP contribution is 2.39. The van der Waals surface area contributed by atoms with Gasteiger partial charge < -0.3 is 9.64 Å². The molecule has 2 saturated heterocycles. The molecule has 1 aromatic carbocycles. The second-order valence-electron chi connectivity index (χ2n) is 10.8. The van der Waals surface area contributed by atoms with E-state index in [2.05, 4.69) is 67.0 Å². The Morgan fingerprint density at radius 1 is 1.03 bits per heavy atom. The van der Waals surface area contributed by atoms with Crippen molar-refractivity contribution in [3.05, 3.63) is 82.1 Å². The van der Waals surface area contributed by atoms with Crippen LogP contribution in [0.2, 0.25) is 0 Å². The molecule has 0 radical (unpaired) electrons. The van der Waals surface area contributed by atoms with Gasteiger partial charge in [-0.15, -0.1) is 0 Å². The summed E-state index contributed by atoms with van der Waals surface area (Å²) in [5.74, 6) is 1.29. The molecule has 1 amide bonds. The number of pyridine rings is 1. The molecule has 2 aliphatic rings. The summed E-state index contributed by atoms with van der Waals surface area (Å²) in [7, 11) is 0. The molecule has 2 aromatic heterocycles. The Bertz CT molecular complexity index is 1220. The van der Waals surface area contributed by atoms with E-state index in [9.17, 15) is 4.79 Å². The lowest BCUT2D eigenvalue weighted by Gasteiger charge is -2.50. The zero-order valence-corrected chi connectivity index (χ0v) is 24.0. The van der Waals surface area contributed by atoms with Gasteiger partial charge >= 0.3 is 0 Å². The number of hydrogen-bond donors (Lipinski definition) is 0. The van der Waals surface area contributed by atoms with Gasteiger partial charge in [-0.1, -0.05) is 28.1 Å². The molecule has 8 heteroatoms. The Kier molecular flexibility index (Phi) is 8.09. The third kappa shape index (κ3) is 5.76. The minimum Gasteiger partial charge on any atom is -0.484 e. The fourth-order valence-corrected chi connectivity index (χ4v) is 6.23. The number of nitrogens with zero attached hydrogens (tertiary/aromatic N) is 5. The van der Waals surface area contributed by atoms with E-state index in [-0.39, 0.29) is 17.6 Å². The van der Waals surface area contributed by atoms with Gasteiger partial charge in [0.25, 0.3) is 5.91 Å². The van der Waals surface area contributed by atoms with Crippen LogP contribution < -0.4 is 4.74 Å². The maximum atomic E-state index is 13.3. The molecule has 1 atom stereocenters. The Hall–Kier alpha value is -2.84. The Balaban J connectivity index is 1.22. The Morgan fingerprint density at radius 2 is 1.68 bits per heavy atom. The number of amides is 1. The van der Waals surface area contributed by atoms with E-state index in [0.29, 0.717) is 11.5 Å². The number of ether oxygens (including phenoxy) is 1. The topological polar surface area (TPSA) is 71.5 Å². The molecule has 0 N–H and O–H groups in total. The van der Waals surface area contributed by atoms with Crippen molar-refractivity contribution in [1.29, 1.82) is 0 Å². The van der Waals surface area contributed by atoms with Gasteiger partial charge in [-0.25, -0.2) is 9.97 Å². The van der Waals surface area contributed by atoms with E-state index < -0.39 is 0 Å². The van der Waals surface area contributed by atoms with Crippen molar-refractivity contribution in [2.24, 2.45) is 5.92 Å². The summed E-state index contributed by atoms with van der Waals surface area (Å²) in [6, 6.07) is 12.4. The first-order chi connectivity index (χ1) is 18.3. The van der Waals surface area contributed by atoms with E-state index in [1.807, 2.05) is 30.9 Å². The number of aromatic nitrogens is 3. The summed E-state index contributed by atoms with van der Waals surface area (Å²) in [4.78, 5) is 30.6. The molecule has 3 aromatic rings. The number of rotatable bonds is 6. The lowest BCUT2D eigenvalue weighted by atomic mass is 9.82. The van der Waals surface area contributed by atoms with Crippen LogP contribution in [-0.2, 0) is 0 Å². The SMILES string of the molecule is Cc1ncnc(C)c1C(=O)N1CCC(C)(N2CCC(C(Oc3cccnc3)c3ccc(Br)cc3)CC2)CC1. The van der Waals surface area contributed by atoms with Gasteiger partial charge in [0.1, 0.15) is 18.2 Å². The van der Waals surface area contributed by atoms with Gasteiger partial charge in [-0.05, 0) is 89.4 Å². The fourth-order valence-electron chi connectivity index (χ4n) is 5.96. The number of hydrogen-bond acceptors (Lipinski definition) is 6. The van der Waals surface area contributed by atoms with Crippen LogP contribution in [0, 0.1) is 19.8 Å². The van der Waals surface area contributed by atoms with Gasteiger partial charge in [-0.2, -0.15) is 0 Å². The molecule has 2 fully saturated rings. The number of piperidine rings is 2. The molecule has 2 aliphatic heterocycles. The van der Waals surface area contributed by atoms with Gasteiger partial charge in [0.15, 0.2) is 0 Å². The summed E-state index contributed by atoms with van der Waals surface area (Å²) in [5.41, 5.74) is 3.46. The standard InChI is InChI=1S/C30H36BrN5O2/c1-21-27(22(2)34-20-33-21)29(37)35-17-12-30(3,13-18-35)36-15-10-24(11-16-36)28(23-6-8-25(31)9-7-23)38-26-5-4-14-32-19-26/h4-9,14,19-20,24,28H,10-13,15-18H2,1-3H3. The van der Waals surface area contributed by atoms with E-state index in [1.54, 1.807) is 12.4 Å². The molecule has 0 spiro atoms. The van der Waals surface area contributed by atoms with Gasteiger partial charge in [0.05, 0.1) is 23.1 Å². The van der Waals surface area contributed by atoms with Gasteiger partial charge in [-0.3, -0.25) is 14.7 Å². The number of likely N-dealkylation sites (tertiary alicyclic amines) is 2. The first-order valence-electron chi connectivity index (χ1n) is 13.5. The van der Waals surface area contributed by atoms with E-state index in [0.717, 1.165) is 73.5 Å². The van der Waals surface area contributed by atoms with Crippen LogP contribution in [0.1, 0.15) is 66.0 Å². The van der Waals surface area contributed by atoms with Crippen LogP contribution in [0.25, 0.3) is 0 Å². The molecule has 38 heavy (non-hydrogen) atoms. The fraction of sp³-hybridized carbons (Fsp3) is 0.467. The molecule has 5 rings (SSSR count). The average Bonchev–Trinajstić information content (AvgIpc) is 2.93. The van der Waals surface area contributed by atoms with Crippen molar-refractivity contribution in [3.8, 4) is 5.75 Å². The molecule has 4 heterocycles. The van der Waals surface area contributed by atoms with Crippen molar-refractivity contribution in [1.82, 2.24) is 24.8 Å². The van der Waals surface area contributed by atoms with Crippen LogP contribution in [0.4, 0.5) is 0 Å². The van der Waals surface area contributed by atoms with Crippen LogP contribution >= 0.6 is 15.9 Å². The first kappa shape index (κ1) is 26.8. The number of carbonyl (C=O) groups excluding carboxylic acids is 1. The minimum atomic E-state index is -0.0127. The smallest absolute Gasteiger partial charge is 0.257 e. The van der Waals surface area contributed by atoms with Crippen molar-refractivity contribution >= 4 is 21.8 Å². The van der Waals surface area contributed by atoms with E-state index >= 15 is 0 Å². The molecule has 0 saturated carbocycles. The average molecular weight is 579 g/mol.